The van der Waals surface area contributed by atoms with Crippen LogP contribution >= 0.6 is 0 Å². The fraction of sp³-hybridized carbons (Fsp3) is 0.450. The first-order valence-corrected chi connectivity index (χ1v) is 9.49. The third-order valence-electron chi connectivity index (χ3n) is 5.65. The smallest absolute Gasteiger partial charge is 0.278 e. The van der Waals surface area contributed by atoms with Gasteiger partial charge >= 0.3 is 0 Å². The van der Waals surface area contributed by atoms with Gasteiger partial charge in [0.25, 0.3) is 5.91 Å². The van der Waals surface area contributed by atoms with Gasteiger partial charge in [-0.2, -0.15) is 0 Å². The number of anilines is 2. The molecule has 27 heavy (non-hydrogen) atoms. The summed E-state index contributed by atoms with van der Waals surface area (Å²) in [5, 5.41) is 0. The largest absolute Gasteiger partial charge is 0.355 e. The van der Waals surface area contributed by atoms with Gasteiger partial charge in [0.2, 0.25) is 0 Å². The molecule has 3 aliphatic rings. The Bertz CT molecular complexity index is 839. The molecule has 0 radical (unpaired) electrons. The van der Waals surface area contributed by atoms with Crippen molar-refractivity contribution >= 4 is 17.4 Å². The number of hydrogen-bond acceptors (Lipinski definition) is 6. The fourth-order valence-electron chi connectivity index (χ4n) is 4.14. The van der Waals surface area contributed by atoms with Gasteiger partial charge in [-0.1, -0.05) is 18.2 Å². The quantitative estimate of drug-likeness (QED) is 0.810. The maximum Gasteiger partial charge on any atom is 0.278 e. The summed E-state index contributed by atoms with van der Waals surface area (Å²) in [6.45, 7) is 3.66. The van der Waals surface area contributed by atoms with E-state index in [9.17, 15) is 4.79 Å². The first-order chi connectivity index (χ1) is 13.2. The molecule has 1 amide bonds. The second kappa shape index (κ2) is 6.58. The van der Waals surface area contributed by atoms with Crippen LogP contribution in [0.15, 0.2) is 36.7 Å². The van der Waals surface area contributed by atoms with E-state index in [1.807, 2.05) is 18.2 Å². The van der Waals surface area contributed by atoms with Crippen LogP contribution in [0.3, 0.4) is 0 Å². The third kappa shape index (κ3) is 2.96. The lowest BCUT2D eigenvalue weighted by Crippen LogP contribution is -2.45. The molecule has 0 unspecified atom stereocenters. The van der Waals surface area contributed by atoms with Crippen LogP contribution in [0.2, 0.25) is 0 Å². The molecule has 0 saturated carbocycles. The van der Waals surface area contributed by atoms with Crippen molar-refractivity contribution < 1.29 is 14.3 Å². The van der Waals surface area contributed by atoms with Crippen molar-refractivity contribution in [1.29, 1.82) is 0 Å². The van der Waals surface area contributed by atoms with Crippen molar-refractivity contribution in [1.82, 2.24) is 9.97 Å². The molecule has 7 heteroatoms. The Kier molecular flexibility index (Phi) is 4.06. The molecule has 140 valence electrons. The first kappa shape index (κ1) is 16.6. The molecule has 4 heterocycles. The Balaban J connectivity index is 1.28. The van der Waals surface area contributed by atoms with Crippen LogP contribution in [0.4, 0.5) is 11.5 Å². The van der Waals surface area contributed by atoms with Gasteiger partial charge in [-0.25, -0.2) is 9.97 Å². The zero-order valence-corrected chi connectivity index (χ0v) is 15.1. The summed E-state index contributed by atoms with van der Waals surface area (Å²) in [6, 6.07) is 8.02. The number of carbonyl (C=O) groups is 1. The Morgan fingerprint density at radius 2 is 1.78 bits per heavy atom. The molecule has 1 aromatic carbocycles. The zero-order chi connectivity index (χ0) is 18.3. The summed E-state index contributed by atoms with van der Waals surface area (Å²) in [5.74, 6) is 0.300. The lowest BCUT2D eigenvalue weighted by Gasteiger charge is -2.37. The molecule has 2 saturated heterocycles. The second-order valence-electron chi connectivity index (χ2n) is 7.19. The van der Waals surface area contributed by atoms with Crippen molar-refractivity contribution in [3.63, 3.8) is 0 Å². The molecular weight excluding hydrogens is 344 g/mol. The molecule has 0 atom stereocenters. The average Bonchev–Trinajstić information content (AvgIpc) is 3.36. The summed E-state index contributed by atoms with van der Waals surface area (Å²) >= 11 is 0. The second-order valence-corrected chi connectivity index (χ2v) is 7.19. The number of rotatable bonds is 2. The topological polar surface area (TPSA) is 67.8 Å². The van der Waals surface area contributed by atoms with E-state index in [1.54, 1.807) is 17.3 Å². The summed E-state index contributed by atoms with van der Waals surface area (Å²) in [6.07, 6.45) is 5.81. The van der Waals surface area contributed by atoms with Crippen molar-refractivity contribution in [2.75, 3.05) is 42.6 Å². The van der Waals surface area contributed by atoms with E-state index in [4.69, 9.17) is 9.47 Å². The third-order valence-corrected chi connectivity index (χ3v) is 5.65. The highest BCUT2D eigenvalue weighted by Crippen LogP contribution is 2.33. The number of ether oxygens (including phenoxy) is 2. The first-order valence-electron chi connectivity index (χ1n) is 9.49. The normalized spacial score (nSPS) is 20.9. The van der Waals surface area contributed by atoms with Gasteiger partial charge in [-0.05, 0) is 18.1 Å². The van der Waals surface area contributed by atoms with E-state index in [1.165, 1.54) is 5.56 Å². The summed E-state index contributed by atoms with van der Waals surface area (Å²) < 4.78 is 11.5. The maximum atomic E-state index is 12.8. The van der Waals surface area contributed by atoms with Crippen LogP contribution in [-0.4, -0.2) is 54.5 Å². The van der Waals surface area contributed by atoms with Crippen LogP contribution in [0.25, 0.3) is 0 Å². The molecule has 2 fully saturated rings. The summed E-state index contributed by atoms with van der Waals surface area (Å²) in [5.41, 5.74) is 2.56. The lowest BCUT2D eigenvalue weighted by molar-refractivity contribution is -0.169. The highest BCUT2D eigenvalue weighted by atomic mass is 16.7. The van der Waals surface area contributed by atoms with Gasteiger partial charge in [0.05, 0.1) is 25.6 Å². The maximum absolute atomic E-state index is 12.8. The van der Waals surface area contributed by atoms with Gasteiger partial charge in [0, 0.05) is 38.2 Å². The number of amides is 1. The Morgan fingerprint density at radius 1 is 1.00 bits per heavy atom. The Hall–Kier alpha value is -2.51. The molecule has 1 spiro atoms. The van der Waals surface area contributed by atoms with Crippen molar-refractivity contribution in [3.05, 3.63) is 47.9 Å². The SMILES string of the molecule is O=C(c1cnc(N2CCC3(CC2)OCCO3)cn1)N1CCc2ccccc21. The van der Waals surface area contributed by atoms with E-state index in [-0.39, 0.29) is 5.91 Å². The number of para-hydroxylation sites is 1. The van der Waals surface area contributed by atoms with Gasteiger partial charge in [-0.15, -0.1) is 0 Å². The van der Waals surface area contributed by atoms with Gasteiger partial charge in [0.15, 0.2) is 5.79 Å². The number of nitrogens with zero attached hydrogens (tertiary/aromatic N) is 4. The van der Waals surface area contributed by atoms with Crippen LogP contribution in [0.5, 0.6) is 0 Å². The predicted molar refractivity (Wildman–Crippen MR) is 99.9 cm³/mol. The van der Waals surface area contributed by atoms with Crippen molar-refractivity contribution in [2.24, 2.45) is 0 Å². The Morgan fingerprint density at radius 3 is 2.52 bits per heavy atom. The van der Waals surface area contributed by atoms with E-state index in [0.29, 0.717) is 25.5 Å². The summed E-state index contributed by atoms with van der Waals surface area (Å²) in [7, 11) is 0. The Labute approximate surface area is 157 Å². The number of piperidine rings is 1. The number of carbonyl (C=O) groups excluding carboxylic acids is 1. The molecule has 7 nitrogen and oxygen atoms in total. The molecule has 0 bridgehead atoms. The predicted octanol–water partition coefficient (Wildman–Crippen LogP) is 2.02. The fourth-order valence-corrected chi connectivity index (χ4v) is 4.14. The molecule has 0 aliphatic carbocycles. The van der Waals surface area contributed by atoms with Crippen LogP contribution in [0, 0.1) is 0 Å². The number of hydrogen-bond donors (Lipinski definition) is 0. The van der Waals surface area contributed by atoms with Gasteiger partial charge < -0.3 is 19.3 Å². The van der Waals surface area contributed by atoms with Crippen LogP contribution in [-0.2, 0) is 15.9 Å². The summed E-state index contributed by atoms with van der Waals surface area (Å²) in [4.78, 5) is 25.7. The average molecular weight is 366 g/mol. The monoisotopic (exact) mass is 366 g/mol. The highest BCUT2D eigenvalue weighted by molar-refractivity contribution is 6.05. The van der Waals surface area contributed by atoms with Crippen LogP contribution < -0.4 is 9.80 Å². The minimum atomic E-state index is -0.400. The molecule has 3 aliphatic heterocycles. The minimum absolute atomic E-state index is 0.0932. The van der Waals surface area contributed by atoms with E-state index in [2.05, 4.69) is 20.9 Å². The number of benzene rings is 1. The molecular formula is C20H22N4O3. The number of fused-ring (bicyclic) bond motifs is 1. The lowest BCUT2D eigenvalue weighted by atomic mass is 10.0. The standard InChI is InChI=1S/C20H22N4O3/c25-19(24-8-5-15-3-1-2-4-17(15)24)16-13-22-18(14-21-16)23-9-6-20(7-10-23)26-11-12-27-20/h1-4,13-14H,5-12H2. The van der Waals surface area contributed by atoms with Crippen LogP contribution in [0.1, 0.15) is 28.9 Å². The minimum Gasteiger partial charge on any atom is -0.355 e. The van der Waals surface area contributed by atoms with E-state index in [0.717, 1.165) is 43.9 Å². The highest BCUT2D eigenvalue weighted by Gasteiger charge is 2.40. The number of aromatic nitrogens is 2. The van der Waals surface area contributed by atoms with Gasteiger partial charge in [-0.3, -0.25) is 4.79 Å². The molecule has 0 N–H and O–H groups in total. The van der Waals surface area contributed by atoms with Crippen molar-refractivity contribution in [3.8, 4) is 0 Å². The van der Waals surface area contributed by atoms with Crippen molar-refractivity contribution in [2.45, 2.75) is 25.0 Å². The van der Waals surface area contributed by atoms with E-state index < -0.39 is 5.79 Å². The molecule has 1 aromatic heterocycles. The molecule has 5 rings (SSSR count). The zero-order valence-electron chi connectivity index (χ0n) is 15.1. The molecule has 2 aromatic rings. The van der Waals surface area contributed by atoms with Gasteiger partial charge in [0.1, 0.15) is 11.5 Å². The van der Waals surface area contributed by atoms with E-state index >= 15 is 0 Å².